The third-order valence-corrected chi connectivity index (χ3v) is 4.91. The minimum absolute atomic E-state index is 0.0683. The summed E-state index contributed by atoms with van der Waals surface area (Å²) in [5, 5.41) is 13.4. The van der Waals surface area contributed by atoms with Gasteiger partial charge in [-0.3, -0.25) is 4.79 Å². The Morgan fingerprint density at radius 1 is 1.39 bits per heavy atom. The van der Waals surface area contributed by atoms with E-state index < -0.39 is 0 Å². The number of benzene rings is 1. The van der Waals surface area contributed by atoms with Crippen molar-refractivity contribution in [1.29, 1.82) is 0 Å². The van der Waals surface area contributed by atoms with Crippen molar-refractivity contribution in [2.24, 2.45) is 0 Å². The van der Waals surface area contributed by atoms with E-state index in [9.17, 15) is 9.90 Å². The Bertz CT molecular complexity index is 674. The van der Waals surface area contributed by atoms with Crippen LogP contribution in [0.1, 0.15) is 46.6 Å². The molecular formula is C18H24N2O2S. The number of carbonyl (C=O) groups is 1. The summed E-state index contributed by atoms with van der Waals surface area (Å²) in [6.45, 7) is 8.15. The largest absolute Gasteiger partial charge is 0.394 e. The first-order valence-corrected chi connectivity index (χ1v) is 8.55. The number of nitrogens with zero attached hydrogens (tertiary/aromatic N) is 1. The van der Waals surface area contributed by atoms with Crippen molar-refractivity contribution < 1.29 is 9.90 Å². The smallest absolute Gasteiger partial charge is 0.263 e. The molecule has 2 N–H and O–H groups in total. The zero-order chi connectivity index (χ0) is 17.0. The molecule has 0 unspecified atom stereocenters. The van der Waals surface area contributed by atoms with E-state index in [1.807, 2.05) is 25.1 Å². The van der Waals surface area contributed by atoms with Crippen molar-refractivity contribution in [3.8, 4) is 0 Å². The first-order valence-electron chi connectivity index (χ1n) is 7.73. The number of hydrogen-bond donors (Lipinski definition) is 2. The lowest BCUT2D eigenvalue weighted by atomic mass is 9.98. The molecule has 0 spiro atoms. The Morgan fingerprint density at radius 2 is 2.13 bits per heavy atom. The molecule has 124 valence electrons. The summed E-state index contributed by atoms with van der Waals surface area (Å²) in [5.74, 6) is -0.176. The van der Waals surface area contributed by atoms with E-state index >= 15 is 0 Å². The number of thiazole rings is 1. The van der Waals surface area contributed by atoms with Gasteiger partial charge >= 0.3 is 0 Å². The molecule has 0 aliphatic heterocycles. The Labute approximate surface area is 141 Å². The van der Waals surface area contributed by atoms with Gasteiger partial charge in [-0.25, -0.2) is 4.98 Å². The Balaban J connectivity index is 2.03. The summed E-state index contributed by atoms with van der Waals surface area (Å²) >= 11 is 1.40. The molecule has 0 aliphatic rings. The standard InChI is InChI=1S/C18H24N2O2S/c1-12-6-5-7-13(8-12)9-14(11-21)20-16(22)15-10-19-17(23-15)18(2,3)4/h5-8,10,14,21H,9,11H2,1-4H3,(H,20,22)/t14-/m1/s1. The summed E-state index contributed by atoms with van der Waals surface area (Å²) in [4.78, 5) is 17.3. The number of hydrogen-bond acceptors (Lipinski definition) is 4. The fourth-order valence-corrected chi connectivity index (χ4v) is 3.14. The zero-order valence-corrected chi connectivity index (χ0v) is 14.9. The van der Waals surface area contributed by atoms with Crippen molar-refractivity contribution >= 4 is 17.2 Å². The van der Waals surface area contributed by atoms with E-state index in [2.05, 4.69) is 37.1 Å². The molecule has 2 rings (SSSR count). The summed E-state index contributed by atoms with van der Waals surface area (Å²) in [7, 11) is 0. The van der Waals surface area contributed by atoms with Crippen LogP contribution < -0.4 is 5.32 Å². The van der Waals surface area contributed by atoms with Crippen LogP contribution in [0.25, 0.3) is 0 Å². The summed E-state index contributed by atoms with van der Waals surface area (Å²) in [6.07, 6.45) is 2.22. The van der Waals surface area contributed by atoms with Crippen LogP contribution in [0, 0.1) is 6.92 Å². The average molecular weight is 332 g/mol. The van der Waals surface area contributed by atoms with Crippen LogP contribution in [0.15, 0.2) is 30.5 Å². The predicted molar refractivity (Wildman–Crippen MR) is 94.0 cm³/mol. The third-order valence-electron chi connectivity index (χ3n) is 3.49. The highest BCUT2D eigenvalue weighted by molar-refractivity contribution is 7.13. The maximum absolute atomic E-state index is 12.4. The van der Waals surface area contributed by atoms with Gasteiger partial charge in [0.05, 0.1) is 23.9 Å². The second-order valence-electron chi connectivity index (χ2n) is 6.83. The molecule has 0 fully saturated rings. The predicted octanol–water partition coefficient (Wildman–Crippen LogP) is 3.08. The molecule has 0 aliphatic carbocycles. The van der Waals surface area contributed by atoms with Crippen LogP contribution in [0.3, 0.4) is 0 Å². The first kappa shape index (κ1) is 17.6. The van der Waals surface area contributed by atoms with Crippen LogP contribution in [0.4, 0.5) is 0 Å². The van der Waals surface area contributed by atoms with Gasteiger partial charge in [-0.2, -0.15) is 0 Å². The Morgan fingerprint density at radius 3 is 2.70 bits per heavy atom. The molecule has 0 bridgehead atoms. The van der Waals surface area contributed by atoms with Gasteiger partial charge in [0, 0.05) is 5.41 Å². The van der Waals surface area contributed by atoms with E-state index in [1.54, 1.807) is 6.20 Å². The highest BCUT2D eigenvalue weighted by Gasteiger charge is 2.21. The maximum Gasteiger partial charge on any atom is 0.263 e. The Kier molecular flexibility index (Phi) is 5.55. The summed E-state index contributed by atoms with van der Waals surface area (Å²) in [5.41, 5.74) is 2.20. The monoisotopic (exact) mass is 332 g/mol. The number of rotatable bonds is 5. The van der Waals surface area contributed by atoms with Gasteiger partial charge in [0.25, 0.3) is 5.91 Å². The highest BCUT2D eigenvalue weighted by atomic mass is 32.1. The Hall–Kier alpha value is -1.72. The van der Waals surface area contributed by atoms with Crippen LogP contribution in [-0.2, 0) is 11.8 Å². The van der Waals surface area contributed by atoms with Crippen molar-refractivity contribution in [2.75, 3.05) is 6.61 Å². The lowest BCUT2D eigenvalue weighted by Crippen LogP contribution is -2.38. The number of aryl methyl sites for hydroxylation is 1. The molecule has 1 aromatic heterocycles. The maximum atomic E-state index is 12.4. The number of nitrogens with one attached hydrogen (secondary N) is 1. The summed E-state index contributed by atoms with van der Waals surface area (Å²) < 4.78 is 0. The second kappa shape index (κ2) is 7.23. The van der Waals surface area contributed by atoms with Gasteiger partial charge in [0.2, 0.25) is 0 Å². The van der Waals surface area contributed by atoms with Gasteiger partial charge in [-0.15, -0.1) is 11.3 Å². The van der Waals surface area contributed by atoms with Crippen molar-refractivity contribution in [3.63, 3.8) is 0 Å². The topological polar surface area (TPSA) is 62.2 Å². The SMILES string of the molecule is Cc1cccc(C[C@H](CO)NC(=O)c2cnc(C(C)(C)C)s2)c1. The van der Waals surface area contributed by atoms with E-state index in [-0.39, 0.29) is 24.0 Å². The van der Waals surface area contributed by atoms with Gasteiger partial charge in [0.1, 0.15) is 4.88 Å². The molecule has 5 heteroatoms. The van der Waals surface area contributed by atoms with Gasteiger partial charge < -0.3 is 10.4 Å². The van der Waals surface area contributed by atoms with Crippen molar-refractivity contribution in [3.05, 3.63) is 51.5 Å². The van der Waals surface area contributed by atoms with Crippen molar-refractivity contribution in [1.82, 2.24) is 10.3 Å². The zero-order valence-electron chi connectivity index (χ0n) is 14.1. The second-order valence-corrected chi connectivity index (χ2v) is 7.86. The molecular weight excluding hydrogens is 308 g/mol. The fraction of sp³-hybridized carbons (Fsp3) is 0.444. The number of aromatic nitrogens is 1. The van der Waals surface area contributed by atoms with Gasteiger partial charge in [0.15, 0.2) is 0 Å². The minimum Gasteiger partial charge on any atom is -0.394 e. The van der Waals surface area contributed by atoms with E-state index in [0.29, 0.717) is 11.3 Å². The van der Waals surface area contributed by atoms with Crippen LogP contribution in [0.5, 0.6) is 0 Å². The lowest BCUT2D eigenvalue weighted by Gasteiger charge is -2.16. The molecule has 1 amide bonds. The molecule has 4 nitrogen and oxygen atoms in total. The van der Waals surface area contributed by atoms with E-state index in [1.165, 1.54) is 16.9 Å². The number of aliphatic hydroxyl groups excluding tert-OH is 1. The van der Waals surface area contributed by atoms with Crippen LogP contribution >= 0.6 is 11.3 Å². The molecule has 0 radical (unpaired) electrons. The number of amides is 1. The molecule has 1 atom stereocenters. The normalized spacial score (nSPS) is 12.9. The summed E-state index contributed by atoms with van der Waals surface area (Å²) in [6, 6.07) is 7.79. The van der Waals surface area contributed by atoms with Crippen LogP contribution in [-0.4, -0.2) is 28.6 Å². The van der Waals surface area contributed by atoms with Crippen molar-refractivity contribution in [2.45, 2.75) is 45.6 Å². The van der Waals surface area contributed by atoms with Crippen LogP contribution in [0.2, 0.25) is 0 Å². The van der Waals surface area contributed by atoms with Gasteiger partial charge in [-0.1, -0.05) is 50.6 Å². The lowest BCUT2D eigenvalue weighted by molar-refractivity contribution is 0.0920. The van der Waals surface area contributed by atoms with E-state index in [4.69, 9.17) is 0 Å². The highest BCUT2D eigenvalue weighted by Crippen LogP contribution is 2.26. The first-order chi connectivity index (χ1) is 10.8. The molecule has 2 aromatic rings. The molecule has 0 saturated carbocycles. The number of aliphatic hydroxyl groups is 1. The molecule has 1 aromatic carbocycles. The quantitative estimate of drug-likeness (QED) is 0.884. The van der Waals surface area contributed by atoms with Gasteiger partial charge in [-0.05, 0) is 18.9 Å². The average Bonchev–Trinajstić information content (AvgIpc) is 2.96. The third kappa shape index (κ3) is 4.88. The molecule has 23 heavy (non-hydrogen) atoms. The minimum atomic E-state index is -0.301. The van der Waals surface area contributed by atoms with E-state index in [0.717, 1.165) is 10.6 Å². The molecule has 1 heterocycles. The fourth-order valence-electron chi connectivity index (χ4n) is 2.27. The molecule has 0 saturated heterocycles. The number of carbonyl (C=O) groups excluding carboxylic acids is 1.